The van der Waals surface area contributed by atoms with Crippen LogP contribution in [0.2, 0.25) is 0 Å². The normalized spacial score (nSPS) is 10.4. The number of aliphatic hydroxyl groups excluding tert-OH is 1. The van der Waals surface area contributed by atoms with Crippen LogP contribution in [0.1, 0.15) is 32.9 Å². The third-order valence-corrected chi connectivity index (χ3v) is 3.59. The molecule has 1 aromatic heterocycles. The van der Waals surface area contributed by atoms with Gasteiger partial charge in [-0.05, 0) is 12.5 Å². The van der Waals surface area contributed by atoms with Crippen molar-refractivity contribution in [3.63, 3.8) is 0 Å². The van der Waals surface area contributed by atoms with Crippen molar-refractivity contribution in [3.05, 3.63) is 51.5 Å². The minimum absolute atomic E-state index is 0.194. The van der Waals surface area contributed by atoms with Gasteiger partial charge >= 0.3 is 5.97 Å². The molecule has 0 saturated carbocycles. The van der Waals surface area contributed by atoms with Crippen molar-refractivity contribution < 1.29 is 14.6 Å². The van der Waals surface area contributed by atoms with E-state index in [1.165, 1.54) is 11.3 Å². The van der Waals surface area contributed by atoms with Crippen LogP contribution in [-0.4, -0.2) is 22.7 Å². The predicted octanol–water partition coefficient (Wildman–Crippen LogP) is 2.40. The second kappa shape index (κ2) is 6.45. The lowest BCUT2D eigenvalue weighted by molar-refractivity contribution is 0.0517. The summed E-state index contributed by atoms with van der Waals surface area (Å²) in [7, 11) is 0. The first kappa shape index (κ1) is 13.7. The van der Waals surface area contributed by atoms with Gasteiger partial charge in [-0.15, -0.1) is 11.3 Å². The minimum Gasteiger partial charge on any atom is -0.461 e. The molecule has 0 aliphatic heterocycles. The van der Waals surface area contributed by atoms with E-state index >= 15 is 0 Å². The van der Waals surface area contributed by atoms with Gasteiger partial charge in [-0.25, -0.2) is 9.78 Å². The number of ether oxygens (including phenoxy) is 1. The summed E-state index contributed by atoms with van der Waals surface area (Å²) in [5, 5.41) is 10.1. The highest BCUT2D eigenvalue weighted by Crippen LogP contribution is 2.22. The summed E-state index contributed by atoms with van der Waals surface area (Å²) in [6, 6.07) is 9.88. The number of hydrogen-bond donors (Lipinski definition) is 1. The molecular formula is C14H15NO3S. The molecule has 1 heterocycles. The molecule has 0 aliphatic carbocycles. The second-order valence-electron chi connectivity index (χ2n) is 3.92. The lowest BCUT2D eigenvalue weighted by atomic mass is 10.2. The highest BCUT2D eigenvalue weighted by atomic mass is 32.1. The van der Waals surface area contributed by atoms with Gasteiger partial charge in [0.1, 0.15) is 0 Å². The molecule has 4 nitrogen and oxygen atoms in total. The molecule has 0 radical (unpaired) electrons. The number of nitrogens with zero attached hydrogens (tertiary/aromatic N) is 1. The van der Waals surface area contributed by atoms with Gasteiger partial charge in [-0.2, -0.15) is 0 Å². The van der Waals surface area contributed by atoms with Gasteiger partial charge in [0.2, 0.25) is 0 Å². The Hall–Kier alpha value is -1.72. The largest absolute Gasteiger partial charge is 0.461 e. The average Bonchev–Trinajstić information content (AvgIpc) is 2.83. The quantitative estimate of drug-likeness (QED) is 0.853. The Morgan fingerprint density at radius 2 is 2.11 bits per heavy atom. The van der Waals surface area contributed by atoms with E-state index in [0.29, 0.717) is 17.9 Å². The maximum Gasteiger partial charge on any atom is 0.358 e. The van der Waals surface area contributed by atoms with Crippen molar-refractivity contribution >= 4 is 17.3 Å². The summed E-state index contributed by atoms with van der Waals surface area (Å²) in [5.74, 6) is -0.470. The highest BCUT2D eigenvalue weighted by molar-refractivity contribution is 7.11. The van der Waals surface area contributed by atoms with Gasteiger partial charge in [0.05, 0.1) is 23.1 Å². The Labute approximate surface area is 115 Å². The fourth-order valence-electron chi connectivity index (χ4n) is 1.71. The second-order valence-corrected chi connectivity index (χ2v) is 5.09. The monoisotopic (exact) mass is 277 g/mol. The number of aliphatic hydroxyl groups is 1. The summed E-state index contributed by atoms with van der Waals surface area (Å²) in [6.45, 7) is 1.85. The standard InChI is InChI=1S/C14H15NO3S/c1-2-18-14(17)13-11(9-16)19-12(15-13)8-10-6-4-3-5-7-10/h3-7,16H,2,8-9H2,1H3. The fraction of sp³-hybridized carbons (Fsp3) is 0.286. The molecule has 2 rings (SSSR count). The molecule has 0 saturated heterocycles. The Morgan fingerprint density at radius 1 is 1.37 bits per heavy atom. The van der Waals surface area contributed by atoms with Gasteiger partial charge in [0.15, 0.2) is 5.69 Å². The molecular weight excluding hydrogens is 262 g/mol. The summed E-state index contributed by atoms with van der Waals surface area (Å²) in [6.07, 6.45) is 0.651. The number of benzene rings is 1. The molecule has 0 amide bonds. The maximum absolute atomic E-state index is 11.7. The molecule has 19 heavy (non-hydrogen) atoms. The summed E-state index contributed by atoms with van der Waals surface area (Å²) < 4.78 is 4.93. The van der Waals surface area contributed by atoms with Crippen molar-refractivity contribution in [2.24, 2.45) is 0 Å². The highest BCUT2D eigenvalue weighted by Gasteiger charge is 2.18. The number of rotatable bonds is 5. The van der Waals surface area contributed by atoms with Gasteiger partial charge in [0.25, 0.3) is 0 Å². The number of thiazole rings is 1. The van der Waals surface area contributed by atoms with Crippen LogP contribution in [0.15, 0.2) is 30.3 Å². The Kier molecular flexibility index (Phi) is 4.65. The van der Waals surface area contributed by atoms with E-state index in [1.54, 1.807) is 6.92 Å². The van der Waals surface area contributed by atoms with Gasteiger partial charge in [0, 0.05) is 6.42 Å². The third kappa shape index (κ3) is 3.39. The van der Waals surface area contributed by atoms with Crippen LogP contribution in [0.5, 0.6) is 0 Å². The molecule has 0 spiro atoms. The first-order valence-electron chi connectivity index (χ1n) is 6.05. The van der Waals surface area contributed by atoms with Crippen LogP contribution in [0.3, 0.4) is 0 Å². The number of aromatic nitrogens is 1. The van der Waals surface area contributed by atoms with Crippen molar-refractivity contribution in [2.75, 3.05) is 6.61 Å². The third-order valence-electron chi connectivity index (χ3n) is 2.55. The molecule has 0 fully saturated rings. The van der Waals surface area contributed by atoms with Crippen LogP contribution < -0.4 is 0 Å². The average molecular weight is 277 g/mol. The number of esters is 1. The Morgan fingerprint density at radius 3 is 2.74 bits per heavy atom. The zero-order valence-corrected chi connectivity index (χ0v) is 11.4. The van der Waals surface area contributed by atoms with Crippen LogP contribution in [-0.2, 0) is 17.8 Å². The van der Waals surface area contributed by atoms with E-state index in [9.17, 15) is 9.90 Å². The first-order chi connectivity index (χ1) is 9.24. The molecule has 100 valence electrons. The lowest BCUT2D eigenvalue weighted by Crippen LogP contribution is -2.07. The number of carbonyl (C=O) groups is 1. The molecule has 0 aliphatic rings. The van der Waals surface area contributed by atoms with E-state index < -0.39 is 5.97 Å². The summed E-state index contributed by atoms with van der Waals surface area (Å²) >= 11 is 1.35. The van der Waals surface area contributed by atoms with Gasteiger partial charge < -0.3 is 9.84 Å². The van der Waals surface area contributed by atoms with E-state index in [0.717, 1.165) is 10.6 Å². The van der Waals surface area contributed by atoms with E-state index in [4.69, 9.17) is 4.74 Å². The number of hydrogen-bond acceptors (Lipinski definition) is 5. The lowest BCUT2D eigenvalue weighted by Gasteiger charge is -1.99. The first-order valence-corrected chi connectivity index (χ1v) is 6.86. The van der Waals surface area contributed by atoms with E-state index in [-0.39, 0.29) is 12.3 Å². The fourth-order valence-corrected chi connectivity index (χ4v) is 2.66. The minimum atomic E-state index is -0.470. The summed E-state index contributed by atoms with van der Waals surface area (Å²) in [4.78, 5) is 16.5. The maximum atomic E-state index is 11.7. The van der Waals surface area contributed by atoms with Crippen molar-refractivity contribution in [1.29, 1.82) is 0 Å². The van der Waals surface area contributed by atoms with Gasteiger partial charge in [-0.3, -0.25) is 0 Å². The molecule has 0 bridgehead atoms. The van der Waals surface area contributed by atoms with Crippen molar-refractivity contribution in [3.8, 4) is 0 Å². The summed E-state index contributed by atoms with van der Waals surface area (Å²) in [5.41, 5.74) is 1.36. The van der Waals surface area contributed by atoms with Crippen LogP contribution >= 0.6 is 11.3 Å². The van der Waals surface area contributed by atoms with E-state index in [1.807, 2.05) is 30.3 Å². The molecule has 1 N–H and O–H groups in total. The Bertz CT molecular complexity index is 551. The zero-order valence-electron chi connectivity index (χ0n) is 10.6. The van der Waals surface area contributed by atoms with Crippen LogP contribution in [0, 0.1) is 0 Å². The molecule has 0 unspecified atom stereocenters. The SMILES string of the molecule is CCOC(=O)c1nc(Cc2ccccc2)sc1CO. The smallest absolute Gasteiger partial charge is 0.358 e. The Balaban J connectivity index is 2.21. The van der Waals surface area contributed by atoms with Crippen LogP contribution in [0.4, 0.5) is 0 Å². The molecule has 0 atom stereocenters. The zero-order chi connectivity index (χ0) is 13.7. The molecule has 5 heteroatoms. The number of carbonyl (C=O) groups excluding carboxylic acids is 1. The van der Waals surface area contributed by atoms with Crippen molar-refractivity contribution in [1.82, 2.24) is 4.98 Å². The van der Waals surface area contributed by atoms with Crippen molar-refractivity contribution in [2.45, 2.75) is 20.0 Å². The van der Waals surface area contributed by atoms with Crippen LogP contribution in [0.25, 0.3) is 0 Å². The predicted molar refractivity (Wildman–Crippen MR) is 73.2 cm³/mol. The van der Waals surface area contributed by atoms with Gasteiger partial charge in [-0.1, -0.05) is 30.3 Å². The molecule has 2 aromatic rings. The van der Waals surface area contributed by atoms with E-state index in [2.05, 4.69) is 4.98 Å². The topological polar surface area (TPSA) is 59.4 Å². The molecule has 1 aromatic carbocycles.